The van der Waals surface area contributed by atoms with Gasteiger partial charge in [-0.25, -0.2) is 0 Å². The summed E-state index contributed by atoms with van der Waals surface area (Å²) in [5, 5.41) is 0. The first-order valence-electron chi connectivity index (χ1n) is 10.5. The maximum Gasteiger partial charge on any atom is 0.181 e. The molecule has 3 nitrogen and oxygen atoms in total. The molecule has 6 atom stereocenters. The van der Waals surface area contributed by atoms with E-state index in [9.17, 15) is 4.79 Å². The summed E-state index contributed by atoms with van der Waals surface area (Å²) < 4.78 is 12.4. The Labute approximate surface area is 151 Å². The molecule has 25 heavy (non-hydrogen) atoms. The molecule has 0 aromatic rings. The van der Waals surface area contributed by atoms with Crippen LogP contribution >= 0.6 is 0 Å². The number of Topliss-reactive ketones (excluding diaryl/α,β-unsaturated/α-hetero) is 1. The van der Waals surface area contributed by atoms with Gasteiger partial charge >= 0.3 is 0 Å². The van der Waals surface area contributed by atoms with Crippen molar-refractivity contribution >= 4 is 5.78 Å². The van der Waals surface area contributed by atoms with Crippen molar-refractivity contribution < 1.29 is 14.3 Å². The number of carbonyl (C=O) groups is 1. The van der Waals surface area contributed by atoms with Crippen LogP contribution in [-0.4, -0.2) is 24.8 Å². The van der Waals surface area contributed by atoms with Crippen LogP contribution in [-0.2, 0) is 14.3 Å². The summed E-state index contributed by atoms with van der Waals surface area (Å²) in [5.74, 6) is 0.952. The Hall–Kier alpha value is -0.410. The highest BCUT2D eigenvalue weighted by Gasteiger charge is 2.97. The quantitative estimate of drug-likeness (QED) is 0.656. The summed E-state index contributed by atoms with van der Waals surface area (Å²) in [4.78, 5) is 13.7. The highest BCUT2D eigenvalue weighted by Crippen LogP contribution is 2.96. The van der Waals surface area contributed by atoms with Crippen molar-refractivity contribution in [3.63, 3.8) is 0 Å². The van der Waals surface area contributed by atoms with Crippen molar-refractivity contribution in [2.75, 3.05) is 13.2 Å². The van der Waals surface area contributed by atoms with Crippen LogP contribution in [0.15, 0.2) is 0 Å². The SMILES string of the molecule is CC1(C)CCC[C@@]2(C)[C@H]1CC[C@]13CC4(OCCO4)[C@]4(C)C[C@@]12[C@H]3C4=O. The van der Waals surface area contributed by atoms with Gasteiger partial charge in [-0.05, 0) is 66.6 Å². The van der Waals surface area contributed by atoms with Crippen LogP contribution in [0.25, 0.3) is 0 Å². The number of ketones is 1. The summed E-state index contributed by atoms with van der Waals surface area (Å²) in [6.07, 6.45) is 8.51. The summed E-state index contributed by atoms with van der Waals surface area (Å²) in [6, 6.07) is 0. The summed E-state index contributed by atoms with van der Waals surface area (Å²) in [5.41, 5.74) is 0.756. The van der Waals surface area contributed by atoms with E-state index in [1.165, 1.54) is 32.1 Å². The zero-order valence-electron chi connectivity index (χ0n) is 16.2. The molecule has 3 spiro atoms. The fraction of sp³-hybridized carbons (Fsp3) is 0.955. The Bertz CT molecular complexity index is 691. The normalized spacial score (nSPS) is 59.6. The van der Waals surface area contributed by atoms with Crippen LogP contribution in [0.1, 0.15) is 72.6 Å². The molecule has 4 bridgehead atoms. The highest BCUT2D eigenvalue weighted by molar-refractivity contribution is 5.98. The lowest BCUT2D eigenvalue weighted by molar-refractivity contribution is -0.278. The number of hydrogen-bond acceptors (Lipinski definition) is 3. The lowest BCUT2D eigenvalue weighted by Gasteiger charge is -2.63. The van der Waals surface area contributed by atoms with Crippen LogP contribution in [0.2, 0.25) is 0 Å². The lowest BCUT2D eigenvalue weighted by Crippen LogP contribution is -2.63. The van der Waals surface area contributed by atoms with Crippen LogP contribution in [0, 0.1) is 38.9 Å². The molecule has 1 heterocycles. The van der Waals surface area contributed by atoms with Gasteiger partial charge in [-0.15, -0.1) is 0 Å². The third-order valence-electron chi connectivity index (χ3n) is 10.6. The molecule has 0 radical (unpaired) electrons. The number of hydrogen-bond donors (Lipinski definition) is 0. The second kappa shape index (κ2) is 3.90. The van der Waals surface area contributed by atoms with Crippen molar-refractivity contribution in [1.82, 2.24) is 0 Å². The van der Waals surface area contributed by atoms with E-state index in [1.807, 2.05) is 0 Å². The maximum absolute atomic E-state index is 13.7. The molecule has 3 heteroatoms. The van der Waals surface area contributed by atoms with E-state index in [4.69, 9.17) is 9.47 Å². The third kappa shape index (κ3) is 1.26. The summed E-state index contributed by atoms with van der Waals surface area (Å²) in [7, 11) is 0. The fourth-order valence-electron chi connectivity index (χ4n) is 9.77. The van der Waals surface area contributed by atoms with Gasteiger partial charge in [-0.2, -0.15) is 0 Å². The Morgan fingerprint density at radius 1 is 0.960 bits per heavy atom. The molecule has 7 aliphatic rings. The van der Waals surface area contributed by atoms with Gasteiger partial charge in [0.1, 0.15) is 5.78 Å². The first-order chi connectivity index (χ1) is 11.7. The molecule has 1 saturated heterocycles. The lowest BCUT2D eigenvalue weighted by atomic mass is 9.42. The molecular formula is C22H32O3. The first kappa shape index (κ1) is 15.6. The van der Waals surface area contributed by atoms with Crippen molar-refractivity contribution in [2.24, 2.45) is 38.9 Å². The third-order valence-corrected chi connectivity index (χ3v) is 10.6. The molecule has 0 unspecified atom stereocenters. The molecular weight excluding hydrogens is 312 g/mol. The molecule has 6 aliphatic carbocycles. The molecule has 0 aromatic carbocycles. The minimum absolute atomic E-state index is 0.185. The average molecular weight is 344 g/mol. The van der Waals surface area contributed by atoms with E-state index >= 15 is 0 Å². The topological polar surface area (TPSA) is 35.5 Å². The molecule has 6 saturated carbocycles. The number of fused-ring (bicyclic) bond motifs is 1. The minimum atomic E-state index is -0.603. The number of ether oxygens (including phenoxy) is 2. The van der Waals surface area contributed by atoms with Crippen molar-refractivity contribution in [1.29, 1.82) is 0 Å². The monoisotopic (exact) mass is 344 g/mol. The smallest absolute Gasteiger partial charge is 0.181 e. The molecule has 0 aromatic heterocycles. The summed E-state index contributed by atoms with van der Waals surface area (Å²) in [6.45, 7) is 11.0. The Balaban J connectivity index is 1.52. The van der Waals surface area contributed by atoms with Crippen molar-refractivity contribution in [3.05, 3.63) is 0 Å². The van der Waals surface area contributed by atoms with Crippen molar-refractivity contribution in [2.45, 2.75) is 78.4 Å². The molecule has 0 amide bonds. The van der Waals surface area contributed by atoms with Gasteiger partial charge in [-0.1, -0.05) is 27.2 Å². The highest BCUT2D eigenvalue weighted by atomic mass is 16.7. The molecule has 1 aliphatic heterocycles. The Kier molecular flexibility index (Phi) is 2.44. The van der Waals surface area contributed by atoms with Crippen LogP contribution in [0.3, 0.4) is 0 Å². The summed E-state index contributed by atoms with van der Waals surface area (Å²) >= 11 is 0. The zero-order chi connectivity index (χ0) is 17.5. The van der Waals surface area contributed by atoms with E-state index in [1.54, 1.807) is 0 Å². The first-order valence-corrected chi connectivity index (χ1v) is 10.5. The van der Waals surface area contributed by atoms with E-state index in [0.29, 0.717) is 35.7 Å². The van der Waals surface area contributed by atoms with E-state index in [0.717, 1.165) is 18.8 Å². The minimum Gasteiger partial charge on any atom is -0.346 e. The second-order valence-electron chi connectivity index (χ2n) is 11.4. The van der Waals surface area contributed by atoms with Crippen LogP contribution < -0.4 is 0 Å². The van der Waals surface area contributed by atoms with Gasteiger partial charge in [0.05, 0.1) is 18.6 Å². The second-order valence-corrected chi connectivity index (χ2v) is 11.4. The van der Waals surface area contributed by atoms with Gasteiger partial charge in [0, 0.05) is 12.3 Å². The predicted molar refractivity (Wildman–Crippen MR) is 93.8 cm³/mol. The predicted octanol–water partition coefficient (Wildman–Crippen LogP) is 4.34. The van der Waals surface area contributed by atoms with Gasteiger partial charge in [0.25, 0.3) is 0 Å². The van der Waals surface area contributed by atoms with E-state index < -0.39 is 11.2 Å². The maximum atomic E-state index is 13.7. The molecule has 138 valence electrons. The molecule has 7 fully saturated rings. The number of carbonyl (C=O) groups excluding carboxylic acids is 1. The van der Waals surface area contributed by atoms with Crippen LogP contribution in [0.5, 0.6) is 0 Å². The zero-order valence-corrected chi connectivity index (χ0v) is 16.2. The van der Waals surface area contributed by atoms with Gasteiger partial charge in [-0.3, -0.25) is 4.79 Å². The van der Waals surface area contributed by atoms with Crippen molar-refractivity contribution in [3.8, 4) is 0 Å². The van der Waals surface area contributed by atoms with Crippen LogP contribution in [0.4, 0.5) is 0 Å². The van der Waals surface area contributed by atoms with E-state index in [2.05, 4.69) is 27.7 Å². The van der Waals surface area contributed by atoms with Gasteiger partial charge in [0.15, 0.2) is 5.79 Å². The molecule has 7 rings (SSSR count). The molecule has 0 N–H and O–H groups in total. The largest absolute Gasteiger partial charge is 0.346 e. The standard InChI is InChI=1S/C22H32O3/c1-17(2)7-5-8-18(3)14(17)6-9-20-13-22(24-10-11-25-22)19(4)12-21(18,20)15(20)16(19)23/h14-15H,5-13H2,1-4H3/t14-,15-,18-,19+,20+,21-/m0/s1. The Morgan fingerprint density at radius 3 is 2.40 bits per heavy atom. The fourth-order valence-corrected chi connectivity index (χ4v) is 9.77. The van der Waals surface area contributed by atoms with Gasteiger partial charge < -0.3 is 9.47 Å². The number of rotatable bonds is 0. The Morgan fingerprint density at radius 2 is 1.68 bits per heavy atom. The van der Waals surface area contributed by atoms with Gasteiger partial charge in [0.2, 0.25) is 0 Å². The van der Waals surface area contributed by atoms with E-state index in [-0.39, 0.29) is 10.8 Å². The average Bonchev–Trinajstić information content (AvgIpc) is 2.78.